The summed E-state index contributed by atoms with van der Waals surface area (Å²) in [6, 6.07) is 16.3. The minimum atomic E-state index is -1.46. The minimum Gasteiger partial charge on any atom is -0.394 e. The van der Waals surface area contributed by atoms with E-state index in [-0.39, 0.29) is 5.91 Å². The van der Waals surface area contributed by atoms with Gasteiger partial charge in [0.15, 0.2) is 0 Å². The summed E-state index contributed by atoms with van der Waals surface area (Å²) < 4.78 is 5.55. The van der Waals surface area contributed by atoms with Crippen LogP contribution in [0, 0.1) is 0 Å². The highest BCUT2D eigenvalue weighted by molar-refractivity contribution is 5.94. The number of nitrogens with one attached hydrogen (secondary N) is 1. The number of hydrogen-bond donors (Lipinski definition) is 5. The van der Waals surface area contributed by atoms with Crippen molar-refractivity contribution in [3.63, 3.8) is 0 Å². The van der Waals surface area contributed by atoms with E-state index in [0.29, 0.717) is 24.1 Å². The SMILES string of the molecule is O=C(NCCc1ccccc1)c1cccc([C@H]2O[C@H](CO)[C@@H](O)[C@H](O)[C@@H]2O)c1. The number of aliphatic hydroxyl groups is 4. The average Bonchev–Trinajstić information content (AvgIpc) is 2.73. The highest BCUT2D eigenvalue weighted by Gasteiger charge is 2.43. The second kappa shape index (κ2) is 9.27. The zero-order valence-electron chi connectivity index (χ0n) is 15.3. The molecule has 150 valence electrons. The fourth-order valence-corrected chi connectivity index (χ4v) is 3.30. The molecule has 1 saturated heterocycles. The van der Waals surface area contributed by atoms with Crippen molar-refractivity contribution in [2.75, 3.05) is 13.2 Å². The van der Waals surface area contributed by atoms with Gasteiger partial charge in [-0.2, -0.15) is 0 Å². The van der Waals surface area contributed by atoms with Crippen molar-refractivity contribution < 1.29 is 30.0 Å². The summed E-state index contributed by atoms with van der Waals surface area (Å²) in [6.07, 6.45) is -5.51. The van der Waals surface area contributed by atoms with Crippen LogP contribution in [-0.2, 0) is 11.2 Å². The van der Waals surface area contributed by atoms with Crippen LogP contribution in [0.1, 0.15) is 27.6 Å². The third-order valence-electron chi connectivity index (χ3n) is 4.91. The zero-order chi connectivity index (χ0) is 20.1. The number of carbonyl (C=O) groups is 1. The molecule has 1 aliphatic rings. The first-order valence-corrected chi connectivity index (χ1v) is 9.24. The van der Waals surface area contributed by atoms with Gasteiger partial charge >= 0.3 is 0 Å². The third kappa shape index (κ3) is 4.57. The Kier molecular flexibility index (Phi) is 6.77. The molecule has 1 aliphatic heterocycles. The van der Waals surface area contributed by atoms with Gasteiger partial charge in [0.05, 0.1) is 6.61 Å². The maximum absolute atomic E-state index is 12.4. The first-order chi connectivity index (χ1) is 13.5. The fourth-order valence-electron chi connectivity index (χ4n) is 3.30. The second-order valence-electron chi connectivity index (χ2n) is 6.87. The van der Waals surface area contributed by atoms with E-state index in [9.17, 15) is 25.2 Å². The van der Waals surface area contributed by atoms with Crippen LogP contribution in [0.25, 0.3) is 0 Å². The van der Waals surface area contributed by atoms with Crippen molar-refractivity contribution in [1.29, 1.82) is 0 Å². The maximum atomic E-state index is 12.4. The van der Waals surface area contributed by atoms with Gasteiger partial charge < -0.3 is 30.5 Å². The number of aliphatic hydroxyl groups excluding tert-OH is 4. The molecule has 0 aliphatic carbocycles. The molecular weight excluding hydrogens is 362 g/mol. The average molecular weight is 387 g/mol. The molecular formula is C21H25NO6. The van der Waals surface area contributed by atoms with Gasteiger partial charge in [-0.1, -0.05) is 42.5 Å². The third-order valence-corrected chi connectivity index (χ3v) is 4.91. The van der Waals surface area contributed by atoms with Gasteiger partial charge in [0.2, 0.25) is 0 Å². The molecule has 0 saturated carbocycles. The zero-order valence-corrected chi connectivity index (χ0v) is 15.3. The summed E-state index contributed by atoms with van der Waals surface area (Å²) in [5, 5.41) is 42.3. The van der Waals surface area contributed by atoms with E-state index in [2.05, 4.69) is 5.32 Å². The van der Waals surface area contributed by atoms with Crippen LogP contribution >= 0.6 is 0 Å². The maximum Gasteiger partial charge on any atom is 0.251 e. The molecule has 2 aromatic carbocycles. The Morgan fingerprint density at radius 3 is 2.43 bits per heavy atom. The molecule has 28 heavy (non-hydrogen) atoms. The fraction of sp³-hybridized carbons (Fsp3) is 0.381. The van der Waals surface area contributed by atoms with Gasteiger partial charge in [-0.15, -0.1) is 0 Å². The Morgan fingerprint density at radius 1 is 0.964 bits per heavy atom. The molecule has 7 heteroatoms. The Labute approximate surface area is 163 Å². The van der Waals surface area contributed by atoms with Crippen molar-refractivity contribution in [3.8, 4) is 0 Å². The first kappa shape index (κ1) is 20.4. The summed E-state index contributed by atoms with van der Waals surface area (Å²) in [5.74, 6) is -0.262. The Morgan fingerprint density at radius 2 is 1.71 bits per heavy atom. The summed E-state index contributed by atoms with van der Waals surface area (Å²) in [5.41, 5.74) is 1.99. The molecule has 7 nitrogen and oxygen atoms in total. The topological polar surface area (TPSA) is 119 Å². The van der Waals surface area contributed by atoms with Gasteiger partial charge in [0, 0.05) is 12.1 Å². The van der Waals surface area contributed by atoms with Crippen molar-refractivity contribution in [1.82, 2.24) is 5.32 Å². The van der Waals surface area contributed by atoms with Gasteiger partial charge in [-0.25, -0.2) is 0 Å². The molecule has 1 amide bonds. The van der Waals surface area contributed by atoms with Gasteiger partial charge in [-0.05, 0) is 29.7 Å². The number of carbonyl (C=O) groups excluding carboxylic acids is 1. The summed E-state index contributed by atoms with van der Waals surface area (Å²) in [4.78, 5) is 12.4. The largest absolute Gasteiger partial charge is 0.394 e. The van der Waals surface area contributed by atoms with Crippen molar-refractivity contribution in [2.24, 2.45) is 0 Å². The molecule has 3 rings (SSSR count). The highest BCUT2D eigenvalue weighted by Crippen LogP contribution is 2.32. The van der Waals surface area contributed by atoms with Crippen LogP contribution in [0.5, 0.6) is 0 Å². The number of ether oxygens (including phenoxy) is 1. The molecule has 0 unspecified atom stereocenters. The molecule has 0 radical (unpaired) electrons. The lowest BCUT2D eigenvalue weighted by atomic mass is 9.90. The molecule has 0 spiro atoms. The molecule has 0 bridgehead atoms. The molecule has 2 aromatic rings. The Balaban J connectivity index is 1.66. The van der Waals surface area contributed by atoms with Crippen molar-refractivity contribution >= 4 is 5.91 Å². The van der Waals surface area contributed by atoms with E-state index in [1.807, 2.05) is 30.3 Å². The molecule has 5 N–H and O–H groups in total. The van der Waals surface area contributed by atoms with E-state index >= 15 is 0 Å². The minimum absolute atomic E-state index is 0.262. The normalized spacial score (nSPS) is 27.4. The lowest BCUT2D eigenvalue weighted by molar-refractivity contribution is -0.231. The van der Waals surface area contributed by atoms with Crippen LogP contribution in [0.3, 0.4) is 0 Å². The molecule has 1 fully saturated rings. The second-order valence-corrected chi connectivity index (χ2v) is 6.87. The molecule has 1 heterocycles. The van der Waals surface area contributed by atoms with E-state index in [1.54, 1.807) is 24.3 Å². The summed E-state index contributed by atoms with van der Waals surface area (Å²) in [6.45, 7) is -0.0196. The lowest BCUT2D eigenvalue weighted by Gasteiger charge is -2.40. The van der Waals surface area contributed by atoms with Gasteiger partial charge in [0.25, 0.3) is 5.91 Å². The molecule has 0 aromatic heterocycles. The van der Waals surface area contributed by atoms with Crippen molar-refractivity contribution in [2.45, 2.75) is 36.9 Å². The van der Waals surface area contributed by atoms with E-state index in [4.69, 9.17) is 4.74 Å². The number of hydrogen-bond acceptors (Lipinski definition) is 6. The molecule has 5 atom stereocenters. The van der Waals surface area contributed by atoms with E-state index in [0.717, 1.165) is 5.56 Å². The van der Waals surface area contributed by atoms with Gasteiger partial charge in [0.1, 0.15) is 30.5 Å². The van der Waals surface area contributed by atoms with Crippen LogP contribution in [-0.4, -0.2) is 63.9 Å². The van der Waals surface area contributed by atoms with E-state index < -0.39 is 37.1 Å². The summed E-state index contributed by atoms with van der Waals surface area (Å²) in [7, 11) is 0. The Bertz CT molecular complexity index is 781. The van der Waals surface area contributed by atoms with Crippen LogP contribution in [0.2, 0.25) is 0 Å². The number of amides is 1. The Hall–Kier alpha value is -2.29. The highest BCUT2D eigenvalue weighted by atomic mass is 16.5. The quantitative estimate of drug-likeness (QED) is 0.482. The van der Waals surface area contributed by atoms with E-state index in [1.165, 1.54) is 0 Å². The van der Waals surface area contributed by atoms with Crippen molar-refractivity contribution in [3.05, 3.63) is 71.3 Å². The van der Waals surface area contributed by atoms with Gasteiger partial charge in [-0.3, -0.25) is 4.79 Å². The van der Waals surface area contributed by atoms with Crippen LogP contribution < -0.4 is 5.32 Å². The number of rotatable bonds is 6. The monoisotopic (exact) mass is 387 g/mol. The predicted molar refractivity (Wildman–Crippen MR) is 102 cm³/mol. The standard InChI is InChI=1S/C21H25NO6/c23-12-16-17(24)18(25)19(26)20(28-16)14-7-4-8-15(11-14)21(27)22-10-9-13-5-2-1-3-6-13/h1-8,11,16-20,23-26H,9-10,12H2,(H,22,27)/t16-,17-,18+,19+,20-/m1/s1. The number of benzene rings is 2. The summed E-state index contributed by atoms with van der Waals surface area (Å²) >= 11 is 0. The van der Waals surface area contributed by atoms with Crippen LogP contribution in [0.4, 0.5) is 0 Å². The lowest BCUT2D eigenvalue weighted by Crippen LogP contribution is -2.55. The predicted octanol–water partition coefficient (Wildman–Crippen LogP) is 0.174. The smallest absolute Gasteiger partial charge is 0.251 e. The first-order valence-electron chi connectivity index (χ1n) is 9.24. The van der Waals surface area contributed by atoms with Crippen LogP contribution in [0.15, 0.2) is 54.6 Å².